The summed E-state index contributed by atoms with van der Waals surface area (Å²) in [5.74, 6) is -1.49. The summed E-state index contributed by atoms with van der Waals surface area (Å²) in [7, 11) is 0. The molecule has 2 aromatic rings. The summed E-state index contributed by atoms with van der Waals surface area (Å²) in [5, 5.41) is 9.46. The van der Waals surface area contributed by atoms with Crippen molar-refractivity contribution in [3.05, 3.63) is 70.8 Å². The summed E-state index contributed by atoms with van der Waals surface area (Å²) in [4.78, 5) is 22.5. The maximum Gasteiger partial charge on any atom is 0.336 e. The molecule has 0 radical (unpaired) electrons. The predicted octanol–water partition coefficient (Wildman–Crippen LogP) is 3.66. The van der Waals surface area contributed by atoms with Crippen LogP contribution < -0.4 is 4.74 Å². The molecule has 0 aliphatic rings. The lowest BCUT2D eigenvalue weighted by Gasteiger charge is -2.02. The zero-order chi connectivity index (χ0) is 15.2. The zero-order valence-corrected chi connectivity index (χ0v) is 11.6. The van der Waals surface area contributed by atoms with E-state index in [9.17, 15) is 9.59 Å². The van der Waals surface area contributed by atoms with Crippen molar-refractivity contribution in [3.8, 4) is 5.75 Å². The Balaban J connectivity index is 2.03. The van der Waals surface area contributed by atoms with Crippen molar-refractivity contribution < 1.29 is 19.4 Å². The van der Waals surface area contributed by atoms with Gasteiger partial charge in [0, 0.05) is 11.1 Å². The van der Waals surface area contributed by atoms with Crippen LogP contribution in [0.15, 0.2) is 54.6 Å². The first kappa shape index (κ1) is 14.8. The van der Waals surface area contributed by atoms with Gasteiger partial charge in [0.1, 0.15) is 5.75 Å². The summed E-state index contributed by atoms with van der Waals surface area (Å²) < 4.78 is 5.04. The number of halogens is 1. The van der Waals surface area contributed by atoms with Gasteiger partial charge in [-0.3, -0.25) is 0 Å². The van der Waals surface area contributed by atoms with Gasteiger partial charge in [0.05, 0.1) is 5.56 Å². The topological polar surface area (TPSA) is 63.6 Å². The lowest BCUT2D eigenvalue weighted by molar-refractivity contribution is -0.128. The van der Waals surface area contributed by atoms with Crippen LogP contribution in [0.4, 0.5) is 0 Å². The van der Waals surface area contributed by atoms with Crippen molar-refractivity contribution in [2.45, 2.75) is 0 Å². The summed E-state index contributed by atoms with van der Waals surface area (Å²) in [5.41, 5.74) is 0.859. The molecule has 0 heterocycles. The molecule has 5 heteroatoms. The van der Waals surface area contributed by atoms with Gasteiger partial charge in [-0.25, -0.2) is 9.59 Å². The van der Waals surface area contributed by atoms with Crippen molar-refractivity contribution in [3.63, 3.8) is 0 Å². The molecule has 0 unspecified atom stereocenters. The molecule has 0 saturated heterocycles. The van der Waals surface area contributed by atoms with Gasteiger partial charge < -0.3 is 9.84 Å². The zero-order valence-electron chi connectivity index (χ0n) is 10.8. The first-order chi connectivity index (χ1) is 10.0. The van der Waals surface area contributed by atoms with Crippen LogP contribution in [0, 0.1) is 0 Å². The van der Waals surface area contributed by atoms with Crippen LogP contribution in [-0.2, 0) is 4.79 Å². The van der Waals surface area contributed by atoms with Crippen molar-refractivity contribution in [2.75, 3.05) is 0 Å². The van der Waals surface area contributed by atoms with Crippen molar-refractivity contribution in [1.29, 1.82) is 0 Å². The minimum absolute atomic E-state index is 0.0574. The lowest BCUT2D eigenvalue weighted by atomic mass is 10.2. The Labute approximate surface area is 126 Å². The molecule has 0 atom stereocenters. The highest BCUT2D eigenvalue weighted by molar-refractivity contribution is 6.30. The van der Waals surface area contributed by atoms with Crippen molar-refractivity contribution in [1.82, 2.24) is 0 Å². The van der Waals surface area contributed by atoms with E-state index < -0.39 is 11.9 Å². The summed E-state index contributed by atoms with van der Waals surface area (Å²) >= 11 is 5.76. The number of carboxylic acids is 1. The molecule has 0 aromatic heterocycles. The van der Waals surface area contributed by atoms with Gasteiger partial charge >= 0.3 is 11.9 Å². The quantitative estimate of drug-likeness (QED) is 0.532. The number of carbonyl (C=O) groups is 2. The second kappa shape index (κ2) is 6.72. The molecule has 106 valence electrons. The smallest absolute Gasteiger partial charge is 0.336 e. The number of esters is 1. The van der Waals surface area contributed by atoms with Gasteiger partial charge in [0.25, 0.3) is 0 Å². The molecule has 0 aliphatic carbocycles. The van der Waals surface area contributed by atoms with E-state index in [0.29, 0.717) is 5.02 Å². The maximum atomic E-state index is 11.7. The largest absolute Gasteiger partial charge is 0.478 e. The van der Waals surface area contributed by atoms with Gasteiger partial charge in [0.15, 0.2) is 0 Å². The van der Waals surface area contributed by atoms with Crippen LogP contribution in [0.2, 0.25) is 5.02 Å². The Morgan fingerprint density at radius 1 is 1.10 bits per heavy atom. The van der Waals surface area contributed by atoms with Crippen LogP contribution in [0.5, 0.6) is 5.75 Å². The fourth-order valence-electron chi connectivity index (χ4n) is 1.58. The second-order valence-corrected chi connectivity index (χ2v) is 4.58. The number of ether oxygens (including phenoxy) is 1. The van der Waals surface area contributed by atoms with Crippen LogP contribution in [0.3, 0.4) is 0 Å². The SMILES string of the molecule is O=C(/C=C/c1ccc(Cl)cc1)Oc1cccc(C(=O)O)c1. The molecule has 0 amide bonds. The van der Waals surface area contributed by atoms with E-state index in [1.807, 2.05) is 0 Å². The fraction of sp³-hybridized carbons (Fsp3) is 0. The highest BCUT2D eigenvalue weighted by Crippen LogP contribution is 2.14. The van der Waals surface area contributed by atoms with E-state index in [4.69, 9.17) is 21.4 Å². The Morgan fingerprint density at radius 2 is 1.81 bits per heavy atom. The van der Waals surface area contributed by atoms with E-state index >= 15 is 0 Å². The molecule has 1 N–H and O–H groups in total. The van der Waals surface area contributed by atoms with E-state index in [2.05, 4.69) is 0 Å². The van der Waals surface area contributed by atoms with Crippen LogP contribution in [0.25, 0.3) is 6.08 Å². The first-order valence-corrected chi connectivity index (χ1v) is 6.41. The van der Waals surface area contributed by atoms with Gasteiger partial charge in [-0.15, -0.1) is 0 Å². The van der Waals surface area contributed by atoms with Crippen molar-refractivity contribution in [2.24, 2.45) is 0 Å². The summed E-state index contributed by atoms with van der Waals surface area (Å²) in [6.07, 6.45) is 2.84. The van der Waals surface area contributed by atoms with E-state index in [1.165, 1.54) is 30.3 Å². The monoisotopic (exact) mass is 302 g/mol. The third-order valence-corrected chi connectivity index (χ3v) is 2.83. The highest BCUT2D eigenvalue weighted by atomic mass is 35.5. The third kappa shape index (κ3) is 4.47. The molecule has 0 spiro atoms. The van der Waals surface area contributed by atoms with Gasteiger partial charge in [-0.05, 0) is 42.0 Å². The van der Waals surface area contributed by atoms with E-state index in [0.717, 1.165) is 5.56 Å². The predicted molar refractivity (Wildman–Crippen MR) is 79.5 cm³/mol. The normalized spacial score (nSPS) is 10.5. The molecule has 2 aromatic carbocycles. The number of hydrogen-bond acceptors (Lipinski definition) is 3. The van der Waals surface area contributed by atoms with Crippen LogP contribution in [0.1, 0.15) is 15.9 Å². The molecule has 4 nitrogen and oxygen atoms in total. The lowest BCUT2D eigenvalue weighted by Crippen LogP contribution is -2.05. The van der Waals surface area contributed by atoms with Gasteiger partial charge in [-0.1, -0.05) is 29.8 Å². The number of benzene rings is 2. The Bertz CT molecular complexity index is 690. The van der Waals surface area contributed by atoms with Crippen LogP contribution >= 0.6 is 11.6 Å². The fourth-order valence-corrected chi connectivity index (χ4v) is 1.71. The molecular weight excluding hydrogens is 292 g/mol. The number of rotatable bonds is 4. The molecule has 2 rings (SSSR count). The summed E-state index contributed by atoms with van der Waals surface area (Å²) in [6.45, 7) is 0. The second-order valence-electron chi connectivity index (χ2n) is 4.14. The first-order valence-electron chi connectivity index (χ1n) is 6.03. The molecule has 0 aliphatic heterocycles. The number of aromatic carboxylic acids is 1. The maximum absolute atomic E-state index is 11.7. The number of carboxylic acid groups (broad SMARTS) is 1. The average Bonchev–Trinajstić information content (AvgIpc) is 2.47. The minimum Gasteiger partial charge on any atom is -0.478 e. The van der Waals surface area contributed by atoms with Gasteiger partial charge in [0.2, 0.25) is 0 Å². The van der Waals surface area contributed by atoms with Crippen molar-refractivity contribution >= 4 is 29.6 Å². The minimum atomic E-state index is -1.08. The standard InChI is InChI=1S/C16H11ClO4/c17-13-7-4-11(5-8-13)6-9-15(18)21-14-3-1-2-12(10-14)16(19)20/h1-10H,(H,19,20)/b9-6+. The Kier molecular flexibility index (Phi) is 4.74. The number of hydrogen-bond donors (Lipinski definition) is 1. The third-order valence-electron chi connectivity index (χ3n) is 2.58. The molecule has 0 bridgehead atoms. The van der Waals surface area contributed by atoms with Crippen LogP contribution in [-0.4, -0.2) is 17.0 Å². The Hall–Kier alpha value is -2.59. The van der Waals surface area contributed by atoms with E-state index in [-0.39, 0.29) is 11.3 Å². The van der Waals surface area contributed by atoms with Gasteiger partial charge in [-0.2, -0.15) is 0 Å². The molecule has 0 fully saturated rings. The summed E-state index contributed by atoms with van der Waals surface area (Å²) in [6, 6.07) is 12.7. The number of carbonyl (C=O) groups excluding carboxylic acids is 1. The molecule has 21 heavy (non-hydrogen) atoms. The molecule has 0 saturated carbocycles. The molecular formula is C16H11ClO4. The van der Waals surface area contributed by atoms with E-state index in [1.54, 1.807) is 30.3 Å². The average molecular weight is 303 g/mol. The highest BCUT2D eigenvalue weighted by Gasteiger charge is 2.06. The Morgan fingerprint density at radius 3 is 2.48 bits per heavy atom.